The highest BCUT2D eigenvalue weighted by molar-refractivity contribution is 5.63. The molecule has 0 aromatic heterocycles. The Hall–Kier alpha value is -1.08. The lowest BCUT2D eigenvalue weighted by atomic mass is 9.91. The first-order valence-electron chi connectivity index (χ1n) is 4.75. The molecule has 0 fully saturated rings. The van der Waals surface area contributed by atoms with Gasteiger partial charge in [0.05, 0.1) is 0 Å². The molecule has 0 aliphatic heterocycles. The first-order valence-corrected chi connectivity index (χ1v) is 4.75. The molecule has 1 nitrogen and oxygen atoms in total. The summed E-state index contributed by atoms with van der Waals surface area (Å²) in [6.45, 7) is 2.05. The van der Waals surface area contributed by atoms with Crippen molar-refractivity contribution in [1.82, 2.24) is 0 Å². The van der Waals surface area contributed by atoms with E-state index in [4.69, 9.17) is 0 Å². The van der Waals surface area contributed by atoms with E-state index in [9.17, 15) is 5.11 Å². The summed E-state index contributed by atoms with van der Waals surface area (Å²) in [5, 5.41) is 12.2. The molecule has 1 aromatic carbocycles. The van der Waals surface area contributed by atoms with Gasteiger partial charge in [-0.2, -0.15) is 0 Å². The van der Waals surface area contributed by atoms with Crippen LogP contribution in [-0.2, 0) is 10.7 Å². The summed E-state index contributed by atoms with van der Waals surface area (Å²) in [6.07, 6.45) is 5.36. The smallest absolute Gasteiger partial charge is 0.147 e. The molecule has 1 atom stereocenters. The minimum absolute atomic E-state index is 0.695. The zero-order valence-corrected chi connectivity index (χ0v) is 7.79. The van der Waals surface area contributed by atoms with Gasteiger partial charge in [0.1, 0.15) is 5.60 Å². The van der Waals surface area contributed by atoms with E-state index in [-0.39, 0.29) is 0 Å². The maximum Gasteiger partial charge on any atom is 0.147 e. The van der Waals surface area contributed by atoms with Gasteiger partial charge in [-0.05, 0) is 23.6 Å². The van der Waals surface area contributed by atoms with Crippen molar-refractivity contribution in [3.63, 3.8) is 0 Å². The third kappa shape index (κ3) is 1.29. The molecule has 67 valence electrons. The molecule has 2 rings (SSSR count). The summed E-state index contributed by atoms with van der Waals surface area (Å²) >= 11 is 0. The van der Waals surface area contributed by atoms with Gasteiger partial charge >= 0.3 is 0 Å². The first kappa shape index (κ1) is 8.52. The van der Waals surface area contributed by atoms with Crippen molar-refractivity contribution >= 4 is 6.08 Å². The number of benzene rings is 1. The van der Waals surface area contributed by atoms with Crippen molar-refractivity contribution in [2.24, 2.45) is 0 Å². The fourth-order valence-corrected chi connectivity index (χ4v) is 1.93. The van der Waals surface area contributed by atoms with Crippen molar-refractivity contribution in [2.45, 2.75) is 25.4 Å². The van der Waals surface area contributed by atoms with Crippen molar-refractivity contribution in [1.29, 1.82) is 0 Å². The molecule has 1 heteroatoms. The van der Waals surface area contributed by atoms with E-state index in [2.05, 4.69) is 6.92 Å². The SMILES string of the molecule is CCCC1([O])C=Cc2ccccc21. The normalized spacial score (nSPS) is 24.8. The van der Waals surface area contributed by atoms with Crippen LogP contribution in [0.25, 0.3) is 6.08 Å². The highest BCUT2D eigenvalue weighted by Crippen LogP contribution is 2.37. The van der Waals surface area contributed by atoms with E-state index in [1.54, 1.807) is 6.08 Å². The maximum atomic E-state index is 12.2. The zero-order chi connectivity index (χ0) is 9.31. The average Bonchev–Trinajstić information content (AvgIpc) is 2.46. The van der Waals surface area contributed by atoms with Crippen LogP contribution in [0.1, 0.15) is 30.9 Å². The van der Waals surface area contributed by atoms with Crippen LogP contribution in [0.4, 0.5) is 0 Å². The molecular formula is C12H13O. The Morgan fingerprint density at radius 2 is 2.08 bits per heavy atom. The number of fused-ring (bicyclic) bond motifs is 1. The molecule has 1 radical (unpaired) electrons. The van der Waals surface area contributed by atoms with Crippen LogP contribution in [0.15, 0.2) is 30.3 Å². The molecule has 0 saturated heterocycles. The highest BCUT2D eigenvalue weighted by atomic mass is 16.3. The standard InChI is InChI=1S/C12H13O/c1-2-8-12(13)9-7-10-5-3-4-6-11(10)12/h3-7,9H,2,8H2,1H3. The summed E-state index contributed by atoms with van der Waals surface area (Å²) < 4.78 is 0. The second-order valence-electron chi connectivity index (χ2n) is 3.56. The topological polar surface area (TPSA) is 19.9 Å². The Balaban J connectivity index is 2.42. The summed E-state index contributed by atoms with van der Waals surface area (Å²) in [7, 11) is 0. The van der Waals surface area contributed by atoms with Crippen LogP contribution < -0.4 is 0 Å². The Morgan fingerprint density at radius 1 is 1.31 bits per heavy atom. The van der Waals surface area contributed by atoms with Gasteiger partial charge in [0.25, 0.3) is 0 Å². The Labute approximate surface area is 78.7 Å². The van der Waals surface area contributed by atoms with Crippen LogP contribution in [-0.4, -0.2) is 0 Å². The largest absolute Gasteiger partial charge is 0.220 e. The van der Waals surface area contributed by atoms with Gasteiger partial charge in [-0.3, -0.25) is 0 Å². The Morgan fingerprint density at radius 3 is 2.85 bits per heavy atom. The predicted octanol–water partition coefficient (Wildman–Crippen LogP) is 3.14. The quantitative estimate of drug-likeness (QED) is 0.654. The van der Waals surface area contributed by atoms with Gasteiger partial charge in [-0.1, -0.05) is 43.7 Å². The third-order valence-electron chi connectivity index (χ3n) is 2.57. The molecule has 0 bridgehead atoms. The van der Waals surface area contributed by atoms with E-state index in [0.717, 1.165) is 17.5 Å². The molecule has 0 spiro atoms. The fraction of sp³-hybridized carbons (Fsp3) is 0.333. The Kier molecular flexibility index (Phi) is 1.97. The molecule has 0 heterocycles. The van der Waals surface area contributed by atoms with Gasteiger partial charge in [-0.15, -0.1) is 0 Å². The average molecular weight is 173 g/mol. The summed E-state index contributed by atoms with van der Waals surface area (Å²) in [5.41, 5.74) is 1.08. The molecule has 1 aromatic rings. The minimum atomic E-state index is -0.953. The molecule has 1 aliphatic carbocycles. The monoisotopic (exact) mass is 173 g/mol. The minimum Gasteiger partial charge on any atom is -0.220 e. The van der Waals surface area contributed by atoms with Crippen molar-refractivity contribution in [3.05, 3.63) is 41.5 Å². The van der Waals surface area contributed by atoms with E-state index in [1.807, 2.05) is 30.3 Å². The van der Waals surface area contributed by atoms with Gasteiger partial charge < -0.3 is 0 Å². The lowest BCUT2D eigenvalue weighted by molar-refractivity contribution is 0.00489. The van der Waals surface area contributed by atoms with Crippen LogP contribution >= 0.6 is 0 Å². The lowest BCUT2D eigenvalue weighted by Crippen LogP contribution is -2.18. The Bertz CT molecular complexity index is 341. The van der Waals surface area contributed by atoms with Crippen LogP contribution in [0.2, 0.25) is 0 Å². The molecule has 1 unspecified atom stereocenters. The number of hydrogen-bond acceptors (Lipinski definition) is 0. The first-order chi connectivity index (χ1) is 6.26. The molecular weight excluding hydrogens is 160 g/mol. The summed E-state index contributed by atoms with van der Waals surface area (Å²) in [6, 6.07) is 7.86. The summed E-state index contributed by atoms with van der Waals surface area (Å²) in [4.78, 5) is 0. The van der Waals surface area contributed by atoms with Crippen LogP contribution in [0.5, 0.6) is 0 Å². The van der Waals surface area contributed by atoms with Crippen molar-refractivity contribution in [2.75, 3.05) is 0 Å². The predicted molar refractivity (Wildman–Crippen MR) is 52.7 cm³/mol. The van der Waals surface area contributed by atoms with E-state index in [0.29, 0.717) is 6.42 Å². The maximum absolute atomic E-state index is 12.2. The van der Waals surface area contributed by atoms with Crippen molar-refractivity contribution in [3.8, 4) is 0 Å². The van der Waals surface area contributed by atoms with Crippen molar-refractivity contribution < 1.29 is 5.11 Å². The molecule has 0 amide bonds. The van der Waals surface area contributed by atoms with Gasteiger partial charge in [0, 0.05) is 0 Å². The lowest BCUT2D eigenvalue weighted by Gasteiger charge is -2.18. The van der Waals surface area contributed by atoms with E-state index < -0.39 is 5.60 Å². The van der Waals surface area contributed by atoms with Gasteiger partial charge in [0.15, 0.2) is 0 Å². The third-order valence-corrected chi connectivity index (χ3v) is 2.57. The fourth-order valence-electron chi connectivity index (χ4n) is 1.93. The molecule has 13 heavy (non-hydrogen) atoms. The molecule has 0 N–H and O–H groups in total. The number of hydrogen-bond donors (Lipinski definition) is 0. The summed E-state index contributed by atoms with van der Waals surface area (Å²) in [5.74, 6) is 0. The molecule has 1 aliphatic rings. The van der Waals surface area contributed by atoms with E-state index in [1.165, 1.54) is 0 Å². The van der Waals surface area contributed by atoms with Crippen LogP contribution in [0.3, 0.4) is 0 Å². The number of rotatable bonds is 2. The van der Waals surface area contributed by atoms with Crippen LogP contribution in [0, 0.1) is 0 Å². The second kappa shape index (κ2) is 3.00. The van der Waals surface area contributed by atoms with E-state index >= 15 is 0 Å². The van der Waals surface area contributed by atoms with Gasteiger partial charge in [-0.25, -0.2) is 5.11 Å². The zero-order valence-electron chi connectivity index (χ0n) is 7.79. The highest BCUT2D eigenvalue weighted by Gasteiger charge is 2.32. The molecule has 0 saturated carbocycles. The second-order valence-corrected chi connectivity index (χ2v) is 3.56. The van der Waals surface area contributed by atoms with Gasteiger partial charge in [0.2, 0.25) is 0 Å².